The lowest BCUT2D eigenvalue weighted by Gasteiger charge is -2.05. The highest BCUT2D eigenvalue weighted by Gasteiger charge is 2.26. The lowest BCUT2D eigenvalue weighted by atomic mass is 10.2. The minimum Gasteiger partial charge on any atom is -0.496 e. The van der Waals surface area contributed by atoms with Crippen LogP contribution in [0.2, 0.25) is 0 Å². The summed E-state index contributed by atoms with van der Waals surface area (Å²) in [5, 5.41) is 0. The standard InChI is InChI=1S/C20H19NO4/c1-3-12-24-15-10-8-14(9-11-15)13-17-20(22)25-19(21-17)16-6-4-5-7-18(16)23-2/h4-11,13H,3,12H2,1-2H3/b17-13+. The van der Waals surface area contributed by atoms with Crippen molar-refractivity contribution < 1.29 is 19.0 Å². The first-order valence-corrected chi connectivity index (χ1v) is 8.10. The van der Waals surface area contributed by atoms with Gasteiger partial charge in [-0.05, 0) is 42.3 Å². The number of para-hydroxylation sites is 1. The van der Waals surface area contributed by atoms with Crippen LogP contribution < -0.4 is 9.47 Å². The number of nitrogens with zero attached hydrogens (tertiary/aromatic N) is 1. The summed E-state index contributed by atoms with van der Waals surface area (Å²) in [5.41, 5.74) is 1.74. The van der Waals surface area contributed by atoms with Crippen LogP contribution in [0.25, 0.3) is 6.08 Å². The van der Waals surface area contributed by atoms with Crippen LogP contribution in [0, 0.1) is 0 Å². The predicted molar refractivity (Wildman–Crippen MR) is 95.8 cm³/mol. The van der Waals surface area contributed by atoms with Gasteiger partial charge in [0.25, 0.3) is 0 Å². The molecule has 0 N–H and O–H groups in total. The van der Waals surface area contributed by atoms with Gasteiger partial charge in [0.05, 0.1) is 19.3 Å². The van der Waals surface area contributed by atoms with Gasteiger partial charge in [0, 0.05) is 0 Å². The smallest absolute Gasteiger partial charge is 0.363 e. The van der Waals surface area contributed by atoms with Crippen LogP contribution in [0.15, 0.2) is 59.2 Å². The molecule has 0 saturated heterocycles. The fourth-order valence-electron chi connectivity index (χ4n) is 2.38. The van der Waals surface area contributed by atoms with Gasteiger partial charge in [-0.2, -0.15) is 0 Å². The van der Waals surface area contributed by atoms with E-state index in [1.165, 1.54) is 0 Å². The van der Waals surface area contributed by atoms with Crippen molar-refractivity contribution in [3.8, 4) is 11.5 Å². The van der Waals surface area contributed by atoms with Gasteiger partial charge in [-0.15, -0.1) is 0 Å². The van der Waals surface area contributed by atoms with Crippen molar-refractivity contribution in [2.75, 3.05) is 13.7 Å². The van der Waals surface area contributed by atoms with Crippen LogP contribution in [-0.2, 0) is 9.53 Å². The average Bonchev–Trinajstić information content (AvgIpc) is 3.01. The van der Waals surface area contributed by atoms with Gasteiger partial charge >= 0.3 is 5.97 Å². The summed E-state index contributed by atoms with van der Waals surface area (Å²) in [7, 11) is 1.56. The molecule has 1 aliphatic heterocycles. The fraction of sp³-hybridized carbons (Fsp3) is 0.200. The van der Waals surface area contributed by atoms with Crippen molar-refractivity contribution >= 4 is 17.9 Å². The Morgan fingerprint density at radius 2 is 1.88 bits per heavy atom. The largest absolute Gasteiger partial charge is 0.496 e. The molecule has 0 unspecified atom stereocenters. The summed E-state index contributed by atoms with van der Waals surface area (Å²) in [4.78, 5) is 16.4. The molecular weight excluding hydrogens is 318 g/mol. The number of ether oxygens (including phenoxy) is 3. The molecular formula is C20H19NO4. The van der Waals surface area contributed by atoms with E-state index in [1.807, 2.05) is 36.4 Å². The molecule has 1 aliphatic rings. The molecule has 5 nitrogen and oxygen atoms in total. The van der Waals surface area contributed by atoms with Crippen molar-refractivity contribution in [3.63, 3.8) is 0 Å². The molecule has 5 heteroatoms. The topological polar surface area (TPSA) is 57.1 Å². The molecule has 3 rings (SSSR count). The maximum Gasteiger partial charge on any atom is 0.363 e. The van der Waals surface area contributed by atoms with Crippen LogP contribution in [0.1, 0.15) is 24.5 Å². The monoisotopic (exact) mass is 337 g/mol. The molecule has 1 heterocycles. The first-order valence-electron chi connectivity index (χ1n) is 8.10. The Hall–Kier alpha value is -3.08. The summed E-state index contributed by atoms with van der Waals surface area (Å²) in [5.74, 6) is 1.17. The first-order chi connectivity index (χ1) is 12.2. The summed E-state index contributed by atoms with van der Waals surface area (Å²) in [6, 6.07) is 14.8. The van der Waals surface area contributed by atoms with E-state index in [0.717, 1.165) is 17.7 Å². The van der Waals surface area contributed by atoms with Crippen LogP contribution in [0.5, 0.6) is 11.5 Å². The normalized spacial score (nSPS) is 15.0. The second-order valence-electron chi connectivity index (χ2n) is 5.45. The van der Waals surface area contributed by atoms with Gasteiger partial charge in [0.2, 0.25) is 5.90 Å². The molecule has 0 spiro atoms. The molecule has 0 bridgehead atoms. The second kappa shape index (κ2) is 7.66. The number of hydrogen-bond acceptors (Lipinski definition) is 5. The van der Waals surface area contributed by atoms with E-state index in [0.29, 0.717) is 17.9 Å². The molecule has 0 aliphatic carbocycles. The second-order valence-corrected chi connectivity index (χ2v) is 5.45. The number of benzene rings is 2. The quantitative estimate of drug-likeness (QED) is 0.594. The van der Waals surface area contributed by atoms with Gasteiger partial charge in [-0.1, -0.05) is 31.2 Å². The Labute approximate surface area is 146 Å². The van der Waals surface area contributed by atoms with E-state index < -0.39 is 5.97 Å². The Morgan fingerprint density at radius 1 is 1.12 bits per heavy atom. The minimum atomic E-state index is -0.479. The van der Waals surface area contributed by atoms with E-state index in [1.54, 1.807) is 25.3 Å². The molecule has 0 radical (unpaired) electrons. The van der Waals surface area contributed by atoms with Crippen LogP contribution in [0.3, 0.4) is 0 Å². The van der Waals surface area contributed by atoms with Crippen molar-refractivity contribution in [2.45, 2.75) is 13.3 Å². The zero-order valence-electron chi connectivity index (χ0n) is 14.2. The van der Waals surface area contributed by atoms with Crippen molar-refractivity contribution in [3.05, 3.63) is 65.4 Å². The van der Waals surface area contributed by atoms with Crippen LogP contribution in [0.4, 0.5) is 0 Å². The van der Waals surface area contributed by atoms with Gasteiger partial charge < -0.3 is 14.2 Å². The molecule has 0 amide bonds. The van der Waals surface area contributed by atoms with E-state index >= 15 is 0 Å². The van der Waals surface area contributed by atoms with E-state index in [-0.39, 0.29) is 11.6 Å². The van der Waals surface area contributed by atoms with Crippen molar-refractivity contribution in [1.82, 2.24) is 0 Å². The molecule has 2 aromatic carbocycles. The van der Waals surface area contributed by atoms with Gasteiger partial charge in [0.15, 0.2) is 5.70 Å². The number of cyclic esters (lactones) is 1. The molecule has 0 fully saturated rings. The average molecular weight is 337 g/mol. The lowest BCUT2D eigenvalue weighted by molar-refractivity contribution is -0.129. The number of aliphatic imine (C=N–C) groups is 1. The van der Waals surface area contributed by atoms with E-state index in [2.05, 4.69) is 11.9 Å². The lowest BCUT2D eigenvalue weighted by Crippen LogP contribution is -2.06. The number of esters is 1. The molecule has 0 atom stereocenters. The van der Waals surface area contributed by atoms with Gasteiger partial charge in [-0.3, -0.25) is 0 Å². The van der Waals surface area contributed by atoms with Crippen molar-refractivity contribution in [2.24, 2.45) is 4.99 Å². The maximum atomic E-state index is 12.1. The Kier molecular flexibility index (Phi) is 5.14. The fourth-order valence-corrected chi connectivity index (χ4v) is 2.38. The SMILES string of the molecule is CCCOc1ccc(/C=C2/N=C(c3ccccc3OC)OC2=O)cc1. The summed E-state index contributed by atoms with van der Waals surface area (Å²) >= 11 is 0. The Bertz CT molecular complexity index is 822. The Morgan fingerprint density at radius 3 is 2.60 bits per heavy atom. The highest BCUT2D eigenvalue weighted by atomic mass is 16.6. The number of carbonyl (C=O) groups excluding carboxylic acids is 1. The molecule has 0 saturated carbocycles. The highest BCUT2D eigenvalue weighted by Crippen LogP contribution is 2.25. The third-order valence-corrected chi connectivity index (χ3v) is 3.61. The molecule has 25 heavy (non-hydrogen) atoms. The van der Waals surface area contributed by atoms with Gasteiger partial charge in [0.1, 0.15) is 11.5 Å². The predicted octanol–water partition coefficient (Wildman–Crippen LogP) is 3.83. The zero-order chi connectivity index (χ0) is 17.6. The van der Waals surface area contributed by atoms with E-state index in [4.69, 9.17) is 14.2 Å². The van der Waals surface area contributed by atoms with Crippen LogP contribution >= 0.6 is 0 Å². The first kappa shape index (κ1) is 16.8. The number of carbonyl (C=O) groups is 1. The minimum absolute atomic E-state index is 0.247. The summed E-state index contributed by atoms with van der Waals surface area (Å²) < 4.78 is 16.1. The molecule has 2 aromatic rings. The third kappa shape index (κ3) is 3.88. The third-order valence-electron chi connectivity index (χ3n) is 3.61. The maximum absolute atomic E-state index is 12.1. The zero-order valence-corrected chi connectivity index (χ0v) is 14.2. The van der Waals surface area contributed by atoms with Crippen molar-refractivity contribution in [1.29, 1.82) is 0 Å². The highest BCUT2D eigenvalue weighted by molar-refractivity contribution is 6.13. The molecule has 0 aromatic heterocycles. The number of methoxy groups -OCH3 is 1. The summed E-state index contributed by atoms with van der Waals surface area (Å²) in [6.45, 7) is 2.74. The number of rotatable bonds is 6. The Balaban J connectivity index is 1.83. The van der Waals surface area contributed by atoms with Gasteiger partial charge in [-0.25, -0.2) is 9.79 Å². The van der Waals surface area contributed by atoms with Crippen LogP contribution in [-0.4, -0.2) is 25.6 Å². The number of hydrogen-bond donors (Lipinski definition) is 0. The summed E-state index contributed by atoms with van der Waals surface area (Å²) in [6.07, 6.45) is 2.65. The van der Waals surface area contributed by atoms with E-state index in [9.17, 15) is 4.79 Å². The molecule has 128 valence electrons.